The summed E-state index contributed by atoms with van der Waals surface area (Å²) in [6.07, 6.45) is 0. The number of carbonyl (C=O) groups excluding carboxylic acids is 2. The summed E-state index contributed by atoms with van der Waals surface area (Å²) < 4.78 is 11.1. The third-order valence-electron chi connectivity index (χ3n) is 3.55. The number of anilines is 1. The summed E-state index contributed by atoms with van der Waals surface area (Å²) in [6, 6.07) is 14.7. The van der Waals surface area contributed by atoms with E-state index in [9.17, 15) is 9.59 Å². The fourth-order valence-electron chi connectivity index (χ4n) is 2.14. The van der Waals surface area contributed by atoms with E-state index in [0.29, 0.717) is 11.4 Å². The first kappa shape index (κ1) is 20.0. The minimum absolute atomic E-state index is 0.0480. The minimum Gasteiger partial charge on any atom is -0.482 e. The number of benzene rings is 2. The quantitative estimate of drug-likeness (QED) is 0.708. The molecule has 2 aromatic rings. The highest BCUT2D eigenvalue weighted by molar-refractivity contribution is 9.10. The van der Waals surface area contributed by atoms with Crippen LogP contribution in [0.2, 0.25) is 0 Å². The highest BCUT2D eigenvalue weighted by Gasteiger charge is 2.13. The van der Waals surface area contributed by atoms with Crippen molar-refractivity contribution in [2.24, 2.45) is 0 Å². The van der Waals surface area contributed by atoms with E-state index in [1.165, 1.54) is 5.56 Å². The largest absolute Gasteiger partial charge is 0.482 e. The lowest BCUT2D eigenvalue weighted by Gasteiger charge is -2.19. The van der Waals surface area contributed by atoms with Gasteiger partial charge in [0, 0.05) is 10.2 Å². The first-order valence-corrected chi connectivity index (χ1v) is 8.98. The second-order valence-electron chi connectivity index (χ2n) is 6.78. The number of hydrogen-bond acceptors (Lipinski definition) is 4. The van der Waals surface area contributed by atoms with E-state index in [1.807, 2.05) is 30.3 Å². The summed E-state index contributed by atoms with van der Waals surface area (Å²) in [7, 11) is 0. The first-order valence-electron chi connectivity index (χ1n) is 8.18. The molecule has 0 aliphatic rings. The molecule has 0 aliphatic carbocycles. The second kappa shape index (κ2) is 8.85. The zero-order chi connectivity index (χ0) is 19.2. The molecule has 1 amide bonds. The predicted molar refractivity (Wildman–Crippen MR) is 104 cm³/mol. The molecule has 1 N–H and O–H groups in total. The van der Waals surface area contributed by atoms with Gasteiger partial charge in [-0.15, -0.1) is 0 Å². The average Bonchev–Trinajstić information content (AvgIpc) is 2.58. The van der Waals surface area contributed by atoms with Crippen LogP contribution in [0.3, 0.4) is 0 Å². The zero-order valence-electron chi connectivity index (χ0n) is 15.0. The number of amides is 1. The minimum atomic E-state index is -0.608. The molecule has 0 saturated carbocycles. The Bertz CT molecular complexity index is 766. The lowest BCUT2D eigenvalue weighted by atomic mass is 9.87. The SMILES string of the molecule is CC(C)(C)c1ccc(NC(=O)COC(=O)COc2cccc(Br)c2)cc1. The Morgan fingerprint density at radius 3 is 2.35 bits per heavy atom. The Labute approximate surface area is 161 Å². The zero-order valence-corrected chi connectivity index (χ0v) is 16.6. The molecular weight excluding hydrogens is 398 g/mol. The molecule has 0 saturated heterocycles. The maximum absolute atomic E-state index is 11.9. The third-order valence-corrected chi connectivity index (χ3v) is 4.04. The van der Waals surface area contributed by atoms with Crippen molar-refractivity contribution in [2.75, 3.05) is 18.5 Å². The van der Waals surface area contributed by atoms with Crippen LogP contribution in [0.25, 0.3) is 0 Å². The number of esters is 1. The number of rotatable bonds is 6. The van der Waals surface area contributed by atoms with Crippen molar-refractivity contribution in [3.8, 4) is 5.75 Å². The van der Waals surface area contributed by atoms with Gasteiger partial charge in [0.15, 0.2) is 13.2 Å². The third kappa shape index (κ3) is 6.52. The van der Waals surface area contributed by atoms with Crippen molar-refractivity contribution < 1.29 is 19.1 Å². The molecule has 6 heteroatoms. The van der Waals surface area contributed by atoms with Crippen LogP contribution in [0.1, 0.15) is 26.3 Å². The van der Waals surface area contributed by atoms with Crippen LogP contribution in [0.4, 0.5) is 5.69 Å². The molecule has 0 heterocycles. The normalized spacial score (nSPS) is 10.9. The van der Waals surface area contributed by atoms with Gasteiger partial charge in [-0.1, -0.05) is 54.9 Å². The molecule has 2 aromatic carbocycles. The highest BCUT2D eigenvalue weighted by atomic mass is 79.9. The van der Waals surface area contributed by atoms with Crippen LogP contribution in [0.15, 0.2) is 53.0 Å². The van der Waals surface area contributed by atoms with E-state index in [-0.39, 0.29) is 18.6 Å². The maximum Gasteiger partial charge on any atom is 0.344 e. The molecule has 0 spiro atoms. The molecule has 138 valence electrons. The standard InChI is InChI=1S/C20H22BrNO4/c1-20(2,3)14-7-9-16(10-8-14)22-18(23)12-26-19(24)13-25-17-6-4-5-15(21)11-17/h4-11H,12-13H2,1-3H3,(H,22,23). The number of ether oxygens (including phenoxy) is 2. The van der Waals surface area contributed by atoms with Crippen LogP contribution in [0.5, 0.6) is 5.75 Å². The summed E-state index contributed by atoms with van der Waals surface area (Å²) in [5.41, 5.74) is 1.88. The van der Waals surface area contributed by atoms with Gasteiger partial charge >= 0.3 is 5.97 Å². The van der Waals surface area contributed by atoms with Gasteiger partial charge in [-0.05, 0) is 41.3 Å². The van der Waals surface area contributed by atoms with Crippen molar-refractivity contribution >= 4 is 33.5 Å². The Kier molecular flexibility index (Phi) is 6.80. The van der Waals surface area contributed by atoms with Gasteiger partial charge < -0.3 is 14.8 Å². The van der Waals surface area contributed by atoms with E-state index in [4.69, 9.17) is 9.47 Å². The average molecular weight is 420 g/mol. The van der Waals surface area contributed by atoms with Crippen molar-refractivity contribution in [1.82, 2.24) is 0 Å². The molecule has 0 bridgehead atoms. The lowest BCUT2D eigenvalue weighted by Crippen LogP contribution is -2.23. The van der Waals surface area contributed by atoms with Crippen molar-refractivity contribution in [3.05, 3.63) is 58.6 Å². The molecular formula is C20H22BrNO4. The molecule has 0 unspecified atom stereocenters. The van der Waals surface area contributed by atoms with Gasteiger partial charge in [0.2, 0.25) is 0 Å². The van der Waals surface area contributed by atoms with Gasteiger partial charge in [0.25, 0.3) is 5.91 Å². The predicted octanol–water partition coefficient (Wildman–Crippen LogP) is 4.31. The molecule has 0 fully saturated rings. The van der Waals surface area contributed by atoms with E-state index in [2.05, 4.69) is 42.0 Å². The summed E-state index contributed by atoms with van der Waals surface area (Å²) in [4.78, 5) is 23.6. The molecule has 0 atom stereocenters. The van der Waals surface area contributed by atoms with Crippen LogP contribution < -0.4 is 10.1 Å². The fourth-order valence-corrected chi connectivity index (χ4v) is 2.52. The van der Waals surface area contributed by atoms with Crippen molar-refractivity contribution in [3.63, 3.8) is 0 Å². The first-order chi connectivity index (χ1) is 12.2. The van der Waals surface area contributed by atoms with E-state index < -0.39 is 11.9 Å². The summed E-state index contributed by atoms with van der Waals surface area (Å²) >= 11 is 3.32. The van der Waals surface area contributed by atoms with Crippen LogP contribution in [0, 0.1) is 0 Å². The number of halogens is 1. The fraction of sp³-hybridized carbons (Fsp3) is 0.300. The maximum atomic E-state index is 11.9. The topological polar surface area (TPSA) is 64.6 Å². The molecule has 26 heavy (non-hydrogen) atoms. The van der Waals surface area contributed by atoms with E-state index >= 15 is 0 Å². The van der Waals surface area contributed by atoms with Crippen LogP contribution in [-0.2, 0) is 19.7 Å². The smallest absolute Gasteiger partial charge is 0.344 e. The molecule has 0 radical (unpaired) electrons. The van der Waals surface area contributed by atoms with Crippen LogP contribution in [-0.4, -0.2) is 25.1 Å². The van der Waals surface area contributed by atoms with Gasteiger partial charge in [-0.3, -0.25) is 4.79 Å². The molecule has 5 nitrogen and oxygen atoms in total. The monoisotopic (exact) mass is 419 g/mol. The lowest BCUT2D eigenvalue weighted by molar-refractivity contribution is -0.149. The molecule has 2 rings (SSSR count). The van der Waals surface area contributed by atoms with Gasteiger partial charge in [-0.2, -0.15) is 0 Å². The Balaban J connectivity index is 1.75. The highest BCUT2D eigenvalue weighted by Crippen LogP contribution is 2.23. The van der Waals surface area contributed by atoms with Gasteiger partial charge in [0.1, 0.15) is 5.75 Å². The Hall–Kier alpha value is -2.34. The summed E-state index contributed by atoms with van der Waals surface area (Å²) in [5, 5.41) is 2.69. The number of hydrogen-bond donors (Lipinski definition) is 1. The Morgan fingerprint density at radius 2 is 1.73 bits per heavy atom. The van der Waals surface area contributed by atoms with Crippen LogP contribution >= 0.6 is 15.9 Å². The number of carbonyl (C=O) groups is 2. The second-order valence-corrected chi connectivity index (χ2v) is 7.70. The summed E-state index contributed by atoms with van der Waals surface area (Å²) in [5.74, 6) is -0.466. The Morgan fingerprint density at radius 1 is 1.04 bits per heavy atom. The van der Waals surface area contributed by atoms with E-state index in [1.54, 1.807) is 18.2 Å². The van der Waals surface area contributed by atoms with Gasteiger partial charge in [0.05, 0.1) is 0 Å². The van der Waals surface area contributed by atoms with Crippen molar-refractivity contribution in [2.45, 2.75) is 26.2 Å². The van der Waals surface area contributed by atoms with Gasteiger partial charge in [-0.25, -0.2) is 4.79 Å². The number of nitrogens with one attached hydrogen (secondary N) is 1. The summed E-state index contributed by atoms with van der Waals surface area (Å²) in [6.45, 7) is 5.74. The van der Waals surface area contributed by atoms with Crippen molar-refractivity contribution in [1.29, 1.82) is 0 Å². The van der Waals surface area contributed by atoms with E-state index in [0.717, 1.165) is 4.47 Å². The molecule has 0 aliphatic heterocycles. The molecule has 0 aromatic heterocycles.